The molecule has 1 unspecified atom stereocenters. The van der Waals surface area contributed by atoms with E-state index in [2.05, 4.69) is 5.10 Å². The largest absolute Gasteiger partial charge is 0.455 e. The molecule has 0 aliphatic heterocycles. The molecule has 0 bridgehead atoms. The van der Waals surface area contributed by atoms with Gasteiger partial charge in [0.15, 0.2) is 5.43 Å². The van der Waals surface area contributed by atoms with Crippen molar-refractivity contribution in [1.29, 1.82) is 0 Å². The molecule has 2 aromatic heterocycles. The lowest BCUT2D eigenvalue weighted by Gasteiger charge is -2.12. The van der Waals surface area contributed by atoms with Gasteiger partial charge in [-0.15, -0.1) is 0 Å². The number of halogens is 2. The van der Waals surface area contributed by atoms with Crippen LogP contribution in [0, 0.1) is 13.8 Å². The van der Waals surface area contributed by atoms with Gasteiger partial charge in [-0.1, -0.05) is 6.07 Å². The van der Waals surface area contributed by atoms with Gasteiger partial charge in [0.2, 0.25) is 0 Å². The van der Waals surface area contributed by atoms with Crippen LogP contribution in [-0.4, -0.2) is 9.78 Å². The van der Waals surface area contributed by atoms with Gasteiger partial charge in [-0.3, -0.25) is 4.79 Å². The molecule has 24 heavy (non-hydrogen) atoms. The Morgan fingerprint density at radius 1 is 1.29 bits per heavy atom. The van der Waals surface area contributed by atoms with Gasteiger partial charge in [-0.25, -0.2) is 4.68 Å². The molecule has 126 valence electrons. The maximum atomic E-state index is 12.7. The quantitative estimate of drug-likeness (QED) is 0.793. The summed E-state index contributed by atoms with van der Waals surface area (Å²) in [5, 5.41) is 4.03. The summed E-state index contributed by atoms with van der Waals surface area (Å²) in [6, 6.07) is 3.26. The molecule has 3 rings (SSSR count). The fraction of sp³-hybridized carbons (Fsp3) is 0.294. The lowest BCUT2D eigenvalue weighted by atomic mass is 10.00. The highest BCUT2D eigenvalue weighted by Crippen LogP contribution is 2.30. The fourth-order valence-electron chi connectivity index (χ4n) is 2.74. The summed E-state index contributed by atoms with van der Waals surface area (Å²) in [5.41, 5.74) is 8.43. The minimum absolute atomic E-state index is 0.207. The highest BCUT2D eigenvalue weighted by Gasteiger charge is 2.19. The first kappa shape index (κ1) is 16.3. The Bertz CT molecular complexity index is 974. The molecule has 5 nitrogen and oxygen atoms in total. The van der Waals surface area contributed by atoms with Crippen molar-refractivity contribution in [2.24, 2.45) is 5.73 Å². The van der Waals surface area contributed by atoms with Crippen LogP contribution < -0.4 is 11.2 Å². The maximum absolute atomic E-state index is 12.7. The average molecular weight is 333 g/mol. The molecular formula is C17H17F2N3O2. The molecule has 1 atom stereocenters. The number of hydrogen-bond donors (Lipinski definition) is 1. The smallest absolute Gasteiger partial charge is 0.333 e. The van der Waals surface area contributed by atoms with E-state index >= 15 is 0 Å². The van der Waals surface area contributed by atoms with Gasteiger partial charge in [-0.05, 0) is 32.4 Å². The van der Waals surface area contributed by atoms with Crippen LogP contribution in [-0.2, 0) is 0 Å². The maximum Gasteiger partial charge on any atom is 0.333 e. The van der Waals surface area contributed by atoms with E-state index in [1.807, 2.05) is 13.0 Å². The molecule has 0 saturated carbocycles. The Morgan fingerprint density at radius 3 is 2.58 bits per heavy atom. The van der Waals surface area contributed by atoms with E-state index in [1.54, 1.807) is 19.9 Å². The second-order valence-corrected chi connectivity index (χ2v) is 5.89. The number of nitrogens with two attached hydrogens (primary N) is 1. The third kappa shape index (κ3) is 2.60. The minimum Gasteiger partial charge on any atom is -0.455 e. The van der Waals surface area contributed by atoms with Gasteiger partial charge >= 0.3 is 6.55 Å². The van der Waals surface area contributed by atoms with Crippen LogP contribution >= 0.6 is 0 Å². The van der Waals surface area contributed by atoms with E-state index in [1.165, 1.54) is 6.20 Å². The summed E-state index contributed by atoms with van der Waals surface area (Å²) in [4.78, 5) is 12.7. The Labute approximate surface area is 136 Å². The van der Waals surface area contributed by atoms with Gasteiger partial charge in [0.25, 0.3) is 0 Å². The molecule has 2 N–H and O–H groups in total. The van der Waals surface area contributed by atoms with Gasteiger partial charge in [0.05, 0.1) is 17.1 Å². The monoisotopic (exact) mass is 333 g/mol. The number of benzene rings is 1. The molecule has 0 spiro atoms. The third-order valence-electron chi connectivity index (χ3n) is 3.95. The average Bonchev–Trinajstić information content (AvgIpc) is 3.00. The molecule has 3 aromatic rings. The lowest BCUT2D eigenvalue weighted by molar-refractivity contribution is 0.0566. The summed E-state index contributed by atoms with van der Waals surface area (Å²) < 4.78 is 31.9. The molecule has 0 fully saturated rings. The van der Waals surface area contributed by atoms with Crippen LogP contribution in [0.2, 0.25) is 0 Å². The first-order valence-corrected chi connectivity index (χ1v) is 7.45. The summed E-state index contributed by atoms with van der Waals surface area (Å²) in [5.74, 6) is 0.227. The topological polar surface area (TPSA) is 74.0 Å². The van der Waals surface area contributed by atoms with Crippen molar-refractivity contribution in [3.05, 3.63) is 51.4 Å². The van der Waals surface area contributed by atoms with Gasteiger partial charge in [0.1, 0.15) is 11.3 Å². The summed E-state index contributed by atoms with van der Waals surface area (Å²) in [6.45, 7) is 2.52. The van der Waals surface area contributed by atoms with E-state index in [0.717, 1.165) is 11.8 Å². The van der Waals surface area contributed by atoms with Crippen molar-refractivity contribution in [2.75, 3.05) is 0 Å². The van der Waals surface area contributed by atoms with E-state index in [4.69, 9.17) is 10.2 Å². The van der Waals surface area contributed by atoms with E-state index in [-0.39, 0.29) is 17.2 Å². The summed E-state index contributed by atoms with van der Waals surface area (Å²) in [6.07, 6.45) is 2.41. The number of fused-ring (bicyclic) bond motifs is 1. The first-order valence-electron chi connectivity index (χ1n) is 7.45. The number of nitrogens with zero attached hydrogens (tertiary/aromatic N) is 2. The van der Waals surface area contributed by atoms with Crippen LogP contribution in [0.15, 0.2) is 33.7 Å². The molecule has 0 radical (unpaired) electrons. The molecule has 1 aromatic carbocycles. The molecule has 7 heteroatoms. The highest BCUT2D eigenvalue weighted by molar-refractivity contribution is 5.84. The van der Waals surface area contributed by atoms with Gasteiger partial charge < -0.3 is 10.2 Å². The number of hydrogen-bond acceptors (Lipinski definition) is 4. The van der Waals surface area contributed by atoms with Crippen LogP contribution in [0.1, 0.15) is 36.2 Å². The van der Waals surface area contributed by atoms with Crippen LogP contribution in [0.4, 0.5) is 8.78 Å². The predicted octanol–water partition coefficient (Wildman–Crippen LogP) is 3.69. The fourth-order valence-corrected chi connectivity index (χ4v) is 2.74. The number of aryl methyl sites for hydroxylation is 1. The number of alkyl halides is 2. The first-order chi connectivity index (χ1) is 11.3. The standard InChI is InChI=1S/C17H17F2N3O2/c1-8-4-12(10(3)20)16-13(5-8)14(23)9(2)15(24-16)11-6-21-22(7-11)17(18)19/h4-7,10,17H,20H2,1-3H3. The number of rotatable bonds is 3. The second-order valence-electron chi connectivity index (χ2n) is 5.89. The predicted molar refractivity (Wildman–Crippen MR) is 87.0 cm³/mol. The zero-order chi connectivity index (χ0) is 17.6. The van der Waals surface area contributed by atoms with Crippen molar-refractivity contribution >= 4 is 11.0 Å². The van der Waals surface area contributed by atoms with Gasteiger partial charge in [-0.2, -0.15) is 13.9 Å². The minimum atomic E-state index is -2.76. The Morgan fingerprint density at radius 2 is 2.00 bits per heavy atom. The van der Waals surface area contributed by atoms with Crippen LogP contribution in [0.5, 0.6) is 0 Å². The zero-order valence-electron chi connectivity index (χ0n) is 13.5. The van der Waals surface area contributed by atoms with E-state index in [9.17, 15) is 13.6 Å². The zero-order valence-corrected chi connectivity index (χ0v) is 13.5. The third-order valence-corrected chi connectivity index (χ3v) is 3.95. The van der Waals surface area contributed by atoms with E-state index < -0.39 is 6.55 Å². The van der Waals surface area contributed by atoms with Crippen molar-refractivity contribution < 1.29 is 13.2 Å². The van der Waals surface area contributed by atoms with Crippen molar-refractivity contribution in [3.63, 3.8) is 0 Å². The lowest BCUT2D eigenvalue weighted by Crippen LogP contribution is -2.12. The molecular weight excluding hydrogens is 316 g/mol. The van der Waals surface area contributed by atoms with Crippen molar-refractivity contribution in [2.45, 2.75) is 33.4 Å². The highest BCUT2D eigenvalue weighted by atomic mass is 19.3. The molecule has 2 heterocycles. The Hall–Kier alpha value is -2.54. The summed E-state index contributed by atoms with van der Waals surface area (Å²) >= 11 is 0. The van der Waals surface area contributed by atoms with Crippen LogP contribution in [0.25, 0.3) is 22.3 Å². The van der Waals surface area contributed by atoms with Crippen LogP contribution in [0.3, 0.4) is 0 Å². The second kappa shape index (κ2) is 5.83. The molecule has 0 saturated heterocycles. The Kier molecular flexibility index (Phi) is 3.96. The van der Waals surface area contributed by atoms with Crippen molar-refractivity contribution in [1.82, 2.24) is 9.78 Å². The van der Waals surface area contributed by atoms with Crippen molar-refractivity contribution in [3.8, 4) is 11.3 Å². The molecule has 0 aliphatic rings. The number of aromatic nitrogens is 2. The van der Waals surface area contributed by atoms with Gasteiger partial charge in [0, 0.05) is 23.4 Å². The SMILES string of the molecule is Cc1cc(C(C)N)c2oc(-c3cnn(C(F)F)c3)c(C)c(=O)c2c1. The Balaban J connectivity index is 2.33. The van der Waals surface area contributed by atoms with E-state index in [0.29, 0.717) is 32.3 Å². The molecule has 0 amide bonds. The normalized spacial score (nSPS) is 13.0. The summed E-state index contributed by atoms with van der Waals surface area (Å²) in [7, 11) is 0. The molecule has 0 aliphatic carbocycles.